The predicted molar refractivity (Wildman–Crippen MR) is 109 cm³/mol. The molecule has 1 aliphatic heterocycles. The number of nitrogens with one attached hydrogen (secondary N) is 1. The van der Waals surface area contributed by atoms with Gasteiger partial charge in [0.2, 0.25) is 11.8 Å². The molecule has 4 atom stereocenters. The first-order valence-corrected chi connectivity index (χ1v) is 10.5. The molecule has 1 saturated carbocycles. The number of benzene rings is 1. The molecular weight excluding hydrogens is 360 g/mol. The van der Waals surface area contributed by atoms with E-state index in [4.69, 9.17) is 11.6 Å². The molecule has 27 heavy (non-hydrogen) atoms. The van der Waals surface area contributed by atoms with Crippen LogP contribution in [0.2, 0.25) is 5.02 Å². The summed E-state index contributed by atoms with van der Waals surface area (Å²) in [5.74, 6) is 1.25. The number of hydrogen-bond donors (Lipinski definition) is 1. The van der Waals surface area contributed by atoms with Gasteiger partial charge in [-0.05, 0) is 54.7 Å². The normalized spacial score (nSPS) is 27.8. The fourth-order valence-electron chi connectivity index (χ4n) is 4.24. The molecule has 1 N–H and O–H groups in total. The number of piperazine rings is 1. The van der Waals surface area contributed by atoms with Gasteiger partial charge in [-0.2, -0.15) is 0 Å². The Morgan fingerprint density at radius 3 is 2.37 bits per heavy atom. The van der Waals surface area contributed by atoms with E-state index in [1.165, 1.54) is 5.56 Å². The minimum atomic E-state index is -0.340. The van der Waals surface area contributed by atoms with Crippen LogP contribution in [0.25, 0.3) is 0 Å². The fraction of sp³-hybridized carbons (Fsp3) is 0.636. The number of carbonyl (C=O) groups excluding carboxylic acids is 2. The summed E-state index contributed by atoms with van der Waals surface area (Å²) in [6.07, 6.45) is 2.47. The Hall–Kier alpha value is -1.55. The van der Waals surface area contributed by atoms with Crippen LogP contribution in [-0.4, -0.2) is 35.3 Å². The van der Waals surface area contributed by atoms with E-state index in [-0.39, 0.29) is 35.7 Å². The summed E-state index contributed by atoms with van der Waals surface area (Å²) in [7, 11) is 0. The van der Waals surface area contributed by atoms with Gasteiger partial charge in [0.25, 0.3) is 0 Å². The average Bonchev–Trinajstić information content (AvgIpc) is 3.37. The van der Waals surface area contributed by atoms with E-state index < -0.39 is 0 Å². The molecule has 0 aromatic heterocycles. The van der Waals surface area contributed by atoms with Crippen LogP contribution in [0.3, 0.4) is 0 Å². The maximum absolute atomic E-state index is 13.3. The van der Waals surface area contributed by atoms with E-state index in [0.29, 0.717) is 29.8 Å². The molecule has 0 bridgehead atoms. The average molecular weight is 391 g/mol. The van der Waals surface area contributed by atoms with Crippen LogP contribution in [0.15, 0.2) is 24.3 Å². The van der Waals surface area contributed by atoms with Gasteiger partial charge in [-0.25, -0.2) is 0 Å². The molecule has 0 radical (unpaired) electrons. The summed E-state index contributed by atoms with van der Waals surface area (Å²) in [6.45, 7) is 9.13. The minimum absolute atomic E-state index is 0.00793. The Labute approximate surface area is 167 Å². The van der Waals surface area contributed by atoms with E-state index >= 15 is 0 Å². The van der Waals surface area contributed by atoms with Crippen molar-refractivity contribution in [2.45, 2.75) is 65.0 Å². The molecule has 1 aromatic carbocycles. The Kier molecular flexibility index (Phi) is 6.15. The van der Waals surface area contributed by atoms with Crippen molar-refractivity contribution in [2.75, 3.05) is 6.54 Å². The van der Waals surface area contributed by atoms with Crippen LogP contribution in [0.1, 0.15) is 58.4 Å². The lowest BCUT2D eigenvalue weighted by Crippen LogP contribution is -2.62. The molecular formula is C22H31ClN2O2. The highest BCUT2D eigenvalue weighted by Crippen LogP contribution is 2.49. The van der Waals surface area contributed by atoms with Gasteiger partial charge in [0.05, 0.1) is 0 Å². The zero-order chi connectivity index (χ0) is 19.7. The number of amides is 2. The van der Waals surface area contributed by atoms with Gasteiger partial charge in [0, 0.05) is 23.5 Å². The van der Waals surface area contributed by atoms with Crippen LogP contribution in [0.4, 0.5) is 0 Å². The maximum Gasteiger partial charge on any atom is 0.243 e. The molecule has 148 valence electrons. The van der Waals surface area contributed by atoms with Gasteiger partial charge in [0.15, 0.2) is 0 Å². The lowest BCUT2D eigenvalue weighted by atomic mass is 9.94. The highest BCUT2D eigenvalue weighted by molar-refractivity contribution is 6.30. The van der Waals surface area contributed by atoms with Crippen molar-refractivity contribution in [3.05, 3.63) is 34.9 Å². The first-order chi connectivity index (χ1) is 12.8. The fourth-order valence-corrected chi connectivity index (χ4v) is 4.36. The molecule has 1 aliphatic carbocycles. The second-order valence-corrected chi connectivity index (χ2v) is 9.41. The number of hydrogen-bond acceptors (Lipinski definition) is 2. The Morgan fingerprint density at radius 1 is 1.15 bits per heavy atom. The Bertz CT molecular complexity index is 686. The lowest BCUT2D eigenvalue weighted by Gasteiger charge is -2.41. The van der Waals surface area contributed by atoms with Crippen LogP contribution < -0.4 is 5.32 Å². The number of rotatable bonds is 6. The quantitative estimate of drug-likeness (QED) is 0.790. The molecule has 1 aromatic rings. The summed E-state index contributed by atoms with van der Waals surface area (Å²) in [5, 5.41) is 3.86. The van der Waals surface area contributed by atoms with Crippen LogP contribution >= 0.6 is 11.6 Å². The molecule has 3 rings (SSSR count). The van der Waals surface area contributed by atoms with E-state index in [1.807, 2.05) is 29.2 Å². The zero-order valence-corrected chi connectivity index (χ0v) is 17.5. The van der Waals surface area contributed by atoms with E-state index in [1.54, 1.807) is 0 Å². The monoisotopic (exact) mass is 390 g/mol. The standard InChI is InChI=1S/C22H31ClN2O2/c1-13(2)9-17-12-25(20(10-14(3)4)21(26)24-17)22(27)19-11-18(19)15-5-7-16(23)8-6-15/h5-8,13-14,17-20H,9-12H2,1-4H3,(H,24,26)/t17-,18-,19+,20-/m0/s1. The minimum Gasteiger partial charge on any atom is -0.350 e. The number of carbonyl (C=O) groups is 2. The van der Waals surface area contributed by atoms with Gasteiger partial charge in [-0.3, -0.25) is 9.59 Å². The Morgan fingerprint density at radius 2 is 1.78 bits per heavy atom. The molecule has 2 aliphatic rings. The van der Waals surface area contributed by atoms with E-state index in [0.717, 1.165) is 12.8 Å². The van der Waals surface area contributed by atoms with Crippen molar-refractivity contribution in [2.24, 2.45) is 17.8 Å². The highest BCUT2D eigenvalue weighted by atomic mass is 35.5. The molecule has 5 heteroatoms. The van der Waals surface area contributed by atoms with E-state index in [2.05, 4.69) is 33.0 Å². The molecule has 1 saturated heterocycles. The smallest absolute Gasteiger partial charge is 0.243 e. The molecule has 2 fully saturated rings. The third-order valence-corrected chi connectivity index (χ3v) is 5.83. The van der Waals surface area contributed by atoms with Gasteiger partial charge >= 0.3 is 0 Å². The van der Waals surface area contributed by atoms with Crippen molar-refractivity contribution >= 4 is 23.4 Å². The lowest BCUT2D eigenvalue weighted by molar-refractivity contribution is -0.146. The topological polar surface area (TPSA) is 49.4 Å². The van der Waals surface area contributed by atoms with Crippen molar-refractivity contribution < 1.29 is 9.59 Å². The second-order valence-electron chi connectivity index (χ2n) is 8.97. The summed E-state index contributed by atoms with van der Waals surface area (Å²) in [5.41, 5.74) is 1.17. The molecule has 1 heterocycles. The summed E-state index contributed by atoms with van der Waals surface area (Å²) in [4.78, 5) is 27.9. The number of halogens is 1. The second kappa shape index (κ2) is 8.22. The van der Waals surface area contributed by atoms with Crippen LogP contribution in [-0.2, 0) is 9.59 Å². The maximum atomic E-state index is 13.3. The van der Waals surface area contributed by atoms with Crippen molar-refractivity contribution in [1.82, 2.24) is 10.2 Å². The van der Waals surface area contributed by atoms with Crippen molar-refractivity contribution in [3.8, 4) is 0 Å². The molecule has 2 amide bonds. The van der Waals surface area contributed by atoms with Gasteiger partial charge in [0.1, 0.15) is 6.04 Å². The highest BCUT2D eigenvalue weighted by Gasteiger charge is 2.49. The third kappa shape index (κ3) is 4.84. The van der Waals surface area contributed by atoms with Gasteiger partial charge < -0.3 is 10.2 Å². The molecule has 0 unspecified atom stereocenters. The summed E-state index contributed by atoms with van der Waals surface area (Å²) in [6, 6.07) is 7.49. The van der Waals surface area contributed by atoms with Crippen molar-refractivity contribution in [3.63, 3.8) is 0 Å². The number of nitrogens with zero attached hydrogens (tertiary/aromatic N) is 1. The van der Waals surface area contributed by atoms with Crippen LogP contribution in [0.5, 0.6) is 0 Å². The first-order valence-electron chi connectivity index (χ1n) is 10.1. The summed E-state index contributed by atoms with van der Waals surface area (Å²) < 4.78 is 0. The van der Waals surface area contributed by atoms with Crippen LogP contribution in [0, 0.1) is 17.8 Å². The van der Waals surface area contributed by atoms with Gasteiger partial charge in [-0.1, -0.05) is 51.4 Å². The van der Waals surface area contributed by atoms with Gasteiger partial charge in [-0.15, -0.1) is 0 Å². The molecule has 0 spiro atoms. The van der Waals surface area contributed by atoms with Crippen molar-refractivity contribution in [1.29, 1.82) is 0 Å². The Balaban J connectivity index is 1.74. The summed E-state index contributed by atoms with van der Waals surface area (Å²) >= 11 is 5.98. The zero-order valence-electron chi connectivity index (χ0n) is 16.7. The first kappa shape index (κ1) is 20.2. The van der Waals surface area contributed by atoms with E-state index in [9.17, 15) is 9.59 Å². The molecule has 4 nitrogen and oxygen atoms in total. The predicted octanol–water partition coefficient (Wildman–Crippen LogP) is 4.23. The largest absolute Gasteiger partial charge is 0.350 e. The SMILES string of the molecule is CC(C)C[C@H]1CN(C(=O)[C@@H]2C[C@H]2c2ccc(Cl)cc2)[C@@H](CC(C)C)C(=O)N1. The third-order valence-electron chi connectivity index (χ3n) is 5.58.